The lowest BCUT2D eigenvalue weighted by atomic mass is 10.1. The molecule has 1 unspecified atom stereocenters. The van der Waals surface area contributed by atoms with Crippen LogP contribution in [0.4, 0.5) is 0 Å². The highest BCUT2D eigenvalue weighted by molar-refractivity contribution is 7.89. The summed E-state index contributed by atoms with van der Waals surface area (Å²) >= 11 is 6.01. The number of sulfonamides is 1. The first-order valence-corrected chi connectivity index (χ1v) is 9.09. The average molecular weight is 316 g/mol. The third kappa shape index (κ3) is 3.18. The first-order valence-electron chi connectivity index (χ1n) is 7.12. The molecular formula is C15H22ClNO2S. The Bertz CT molecular complexity index is 571. The van der Waals surface area contributed by atoms with Crippen LogP contribution in [0.1, 0.15) is 36.8 Å². The summed E-state index contributed by atoms with van der Waals surface area (Å²) in [7, 11) is -3.45. The molecule has 5 heteroatoms. The fraction of sp³-hybridized carbons (Fsp3) is 0.600. The lowest BCUT2D eigenvalue weighted by Gasteiger charge is -2.28. The molecule has 1 fully saturated rings. The van der Waals surface area contributed by atoms with E-state index >= 15 is 0 Å². The Labute approximate surface area is 127 Å². The number of benzene rings is 1. The summed E-state index contributed by atoms with van der Waals surface area (Å²) in [6.07, 6.45) is 3.90. The standard InChI is InChI=1S/C15H22ClNO2S/c1-12-7-8-13(2)15(10-12)20(18,19)17-9-5-3-4-6-14(17)11-16/h7-8,10,14H,3-6,9,11H2,1-2H3. The van der Waals surface area contributed by atoms with Gasteiger partial charge >= 0.3 is 0 Å². The fourth-order valence-electron chi connectivity index (χ4n) is 2.73. The predicted molar refractivity (Wildman–Crippen MR) is 82.8 cm³/mol. The zero-order valence-electron chi connectivity index (χ0n) is 12.1. The maximum Gasteiger partial charge on any atom is 0.243 e. The van der Waals surface area contributed by atoms with Crippen molar-refractivity contribution in [3.8, 4) is 0 Å². The summed E-state index contributed by atoms with van der Waals surface area (Å²) < 4.78 is 27.5. The molecule has 0 spiro atoms. The van der Waals surface area contributed by atoms with E-state index in [4.69, 9.17) is 11.6 Å². The first-order chi connectivity index (χ1) is 9.46. The van der Waals surface area contributed by atoms with E-state index in [0.29, 0.717) is 17.3 Å². The van der Waals surface area contributed by atoms with Gasteiger partial charge in [0, 0.05) is 18.5 Å². The van der Waals surface area contributed by atoms with E-state index in [1.54, 1.807) is 10.4 Å². The minimum absolute atomic E-state index is 0.0796. The third-order valence-corrected chi connectivity index (χ3v) is 6.38. The summed E-state index contributed by atoms with van der Waals surface area (Å²) in [5, 5.41) is 0. The lowest BCUT2D eigenvalue weighted by Crippen LogP contribution is -2.41. The minimum atomic E-state index is -3.45. The molecule has 112 valence electrons. The van der Waals surface area contributed by atoms with Gasteiger partial charge in [-0.1, -0.05) is 25.0 Å². The van der Waals surface area contributed by atoms with Crippen LogP contribution in [0.3, 0.4) is 0 Å². The molecule has 0 amide bonds. The van der Waals surface area contributed by atoms with Crippen molar-refractivity contribution in [1.29, 1.82) is 0 Å². The maximum atomic E-state index is 12.9. The molecule has 1 heterocycles. The van der Waals surface area contributed by atoms with Gasteiger partial charge in [-0.25, -0.2) is 8.42 Å². The van der Waals surface area contributed by atoms with Crippen LogP contribution in [0.2, 0.25) is 0 Å². The van der Waals surface area contributed by atoms with Crippen molar-refractivity contribution < 1.29 is 8.42 Å². The molecular weight excluding hydrogens is 294 g/mol. The van der Waals surface area contributed by atoms with Crippen LogP contribution < -0.4 is 0 Å². The molecule has 0 aromatic heterocycles. The van der Waals surface area contributed by atoms with E-state index < -0.39 is 10.0 Å². The molecule has 1 saturated heterocycles. The van der Waals surface area contributed by atoms with E-state index in [1.165, 1.54) is 0 Å². The Kier molecular flexibility index (Phi) is 5.10. The van der Waals surface area contributed by atoms with E-state index in [-0.39, 0.29) is 6.04 Å². The topological polar surface area (TPSA) is 37.4 Å². The number of hydrogen-bond donors (Lipinski definition) is 0. The van der Waals surface area contributed by atoms with Crippen molar-refractivity contribution in [3.63, 3.8) is 0 Å². The van der Waals surface area contributed by atoms with Gasteiger partial charge in [-0.3, -0.25) is 0 Å². The second-order valence-electron chi connectivity index (χ2n) is 5.54. The quantitative estimate of drug-likeness (QED) is 0.801. The Morgan fingerprint density at radius 3 is 2.70 bits per heavy atom. The summed E-state index contributed by atoms with van der Waals surface area (Å²) in [6, 6.07) is 5.50. The lowest BCUT2D eigenvalue weighted by molar-refractivity contribution is 0.345. The van der Waals surface area contributed by atoms with Gasteiger partial charge in [0.15, 0.2) is 0 Å². The van der Waals surface area contributed by atoms with Crippen molar-refractivity contribution in [2.45, 2.75) is 50.5 Å². The van der Waals surface area contributed by atoms with Crippen LogP contribution >= 0.6 is 11.6 Å². The number of aryl methyl sites for hydroxylation is 2. The molecule has 20 heavy (non-hydrogen) atoms. The Balaban J connectivity index is 2.44. The molecule has 1 atom stereocenters. The van der Waals surface area contributed by atoms with Crippen LogP contribution in [-0.2, 0) is 10.0 Å². The van der Waals surface area contributed by atoms with E-state index in [1.807, 2.05) is 26.0 Å². The van der Waals surface area contributed by atoms with Crippen molar-refractivity contribution in [3.05, 3.63) is 29.3 Å². The fourth-order valence-corrected chi connectivity index (χ4v) is 5.14. The smallest absolute Gasteiger partial charge is 0.207 e. The van der Waals surface area contributed by atoms with Gasteiger partial charge in [0.05, 0.1) is 4.90 Å². The van der Waals surface area contributed by atoms with Gasteiger partial charge in [-0.2, -0.15) is 4.31 Å². The third-order valence-electron chi connectivity index (χ3n) is 3.93. The zero-order chi connectivity index (χ0) is 14.8. The highest BCUT2D eigenvalue weighted by atomic mass is 35.5. The summed E-state index contributed by atoms with van der Waals surface area (Å²) in [4.78, 5) is 0.425. The molecule has 1 aromatic rings. The highest BCUT2D eigenvalue weighted by Gasteiger charge is 2.32. The summed E-state index contributed by atoms with van der Waals surface area (Å²) in [6.45, 7) is 4.34. The monoisotopic (exact) mass is 315 g/mol. The second-order valence-corrected chi connectivity index (χ2v) is 7.71. The molecule has 1 aliphatic rings. The van der Waals surface area contributed by atoms with Gasteiger partial charge in [-0.15, -0.1) is 11.6 Å². The van der Waals surface area contributed by atoms with E-state index in [2.05, 4.69) is 0 Å². The summed E-state index contributed by atoms with van der Waals surface area (Å²) in [5.41, 5.74) is 1.76. The predicted octanol–water partition coefficient (Wildman–Crippen LogP) is 3.48. The van der Waals surface area contributed by atoms with Gasteiger partial charge < -0.3 is 0 Å². The van der Waals surface area contributed by atoms with Crippen LogP contribution in [0, 0.1) is 13.8 Å². The van der Waals surface area contributed by atoms with Gasteiger partial charge in [0.25, 0.3) is 0 Å². The number of halogens is 1. The van der Waals surface area contributed by atoms with E-state index in [0.717, 1.165) is 36.8 Å². The molecule has 0 bridgehead atoms. The van der Waals surface area contributed by atoms with Crippen molar-refractivity contribution in [2.75, 3.05) is 12.4 Å². The molecule has 3 nitrogen and oxygen atoms in total. The Morgan fingerprint density at radius 1 is 1.25 bits per heavy atom. The molecule has 0 aliphatic carbocycles. The zero-order valence-corrected chi connectivity index (χ0v) is 13.7. The van der Waals surface area contributed by atoms with Crippen molar-refractivity contribution >= 4 is 21.6 Å². The van der Waals surface area contributed by atoms with Gasteiger partial charge in [-0.05, 0) is 43.9 Å². The number of alkyl halides is 1. The minimum Gasteiger partial charge on any atom is -0.207 e. The molecule has 2 rings (SSSR count). The van der Waals surface area contributed by atoms with Crippen LogP contribution in [0.15, 0.2) is 23.1 Å². The average Bonchev–Trinajstić information content (AvgIpc) is 2.66. The van der Waals surface area contributed by atoms with Crippen molar-refractivity contribution in [2.24, 2.45) is 0 Å². The van der Waals surface area contributed by atoms with Crippen molar-refractivity contribution in [1.82, 2.24) is 4.31 Å². The molecule has 1 aromatic carbocycles. The first kappa shape index (κ1) is 15.8. The Hall–Kier alpha value is -0.580. The highest BCUT2D eigenvalue weighted by Crippen LogP contribution is 2.27. The van der Waals surface area contributed by atoms with Crippen LogP contribution in [-0.4, -0.2) is 31.2 Å². The van der Waals surface area contributed by atoms with Gasteiger partial charge in [0.1, 0.15) is 0 Å². The SMILES string of the molecule is Cc1ccc(C)c(S(=O)(=O)N2CCCCCC2CCl)c1. The number of rotatable bonds is 3. The van der Waals surface area contributed by atoms with Crippen LogP contribution in [0.25, 0.3) is 0 Å². The summed E-state index contributed by atoms with van der Waals surface area (Å²) in [5.74, 6) is 0.365. The molecule has 1 aliphatic heterocycles. The normalized spacial score (nSPS) is 21.6. The van der Waals surface area contributed by atoms with Crippen LogP contribution in [0.5, 0.6) is 0 Å². The Morgan fingerprint density at radius 2 is 2.00 bits per heavy atom. The maximum absolute atomic E-state index is 12.9. The number of hydrogen-bond acceptors (Lipinski definition) is 2. The van der Waals surface area contributed by atoms with E-state index in [9.17, 15) is 8.42 Å². The molecule has 0 N–H and O–H groups in total. The second kappa shape index (κ2) is 6.46. The largest absolute Gasteiger partial charge is 0.243 e. The molecule has 0 radical (unpaired) electrons. The number of nitrogens with zero attached hydrogens (tertiary/aromatic N) is 1. The molecule has 0 saturated carbocycles. The van der Waals surface area contributed by atoms with Gasteiger partial charge in [0.2, 0.25) is 10.0 Å².